The molecule has 182 valence electrons. The lowest BCUT2D eigenvalue weighted by atomic mass is 9.50. The van der Waals surface area contributed by atoms with Crippen LogP contribution in [0.15, 0.2) is 30.3 Å². The Morgan fingerprint density at radius 1 is 1.03 bits per heavy atom. The van der Waals surface area contributed by atoms with E-state index in [-0.39, 0.29) is 29.3 Å². The third-order valence-corrected chi connectivity index (χ3v) is 9.14. The zero-order chi connectivity index (χ0) is 23.9. The molecule has 6 nitrogen and oxygen atoms in total. The first kappa shape index (κ1) is 23.4. The summed E-state index contributed by atoms with van der Waals surface area (Å²) in [6, 6.07) is 10.8. The molecule has 34 heavy (non-hydrogen) atoms. The summed E-state index contributed by atoms with van der Waals surface area (Å²) in [7, 11) is 1.46. The van der Waals surface area contributed by atoms with Gasteiger partial charge in [0.05, 0.1) is 18.6 Å². The van der Waals surface area contributed by atoms with Crippen LogP contribution in [0.3, 0.4) is 0 Å². The molecule has 5 rings (SSSR count). The third kappa shape index (κ3) is 4.48. The average molecular weight is 482 g/mol. The van der Waals surface area contributed by atoms with Crippen molar-refractivity contribution in [3.05, 3.63) is 51.2 Å². The molecule has 1 amide bonds. The van der Waals surface area contributed by atoms with Crippen LogP contribution in [0.5, 0.6) is 0 Å². The van der Waals surface area contributed by atoms with Gasteiger partial charge in [0.1, 0.15) is 0 Å². The number of hydrogen-bond donors (Lipinski definition) is 1. The summed E-state index contributed by atoms with van der Waals surface area (Å²) in [4.78, 5) is 32.3. The summed E-state index contributed by atoms with van der Waals surface area (Å²) in [6.45, 7) is 9.04. The number of para-hydroxylation sites is 1. The van der Waals surface area contributed by atoms with Crippen molar-refractivity contribution in [2.75, 3.05) is 38.2 Å². The molecule has 7 heteroatoms. The van der Waals surface area contributed by atoms with Crippen LogP contribution in [0.1, 0.15) is 51.4 Å². The van der Waals surface area contributed by atoms with Crippen molar-refractivity contribution in [2.24, 2.45) is 11.3 Å². The van der Waals surface area contributed by atoms with Crippen LogP contribution in [0.4, 0.5) is 5.69 Å². The number of piperazine rings is 1. The molecule has 1 saturated heterocycles. The maximum Gasteiger partial charge on any atom is 0.308 e. The van der Waals surface area contributed by atoms with E-state index >= 15 is 0 Å². The number of carbonyl (C=O) groups is 2. The van der Waals surface area contributed by atoms with Crippen LogP contribution in [0, 0.1) is 25.2 Å². The van der Waals surface area contributed by atoms with E-state index in [1.54, 1.807) is 11.3 Å². The maximum absolute atomic E-state index is 13.3. The number of hydrogen-bond acceptors (Lipinski definition) is 6. The lowest BCUT2D eigenvalue weighted by molar-refractivity contribution is -0.159. The summed E-state index contributed by atoms with van der Waals surface area (Å²) in [5.41, 5.74) is 3.61. The van der Waals surface area contributed by atoms with Crippen LogP contribution in [-0.2, 0) is 16.1 Å². The second kappa shape index (κ2) is 9.34. The van der Waals surface area contributed by atoms with Crippen molar-refractivity contribution in [2.45, 2.75) is 52.1 Å². The molecular formula is C27H35N3O3S. The maximum atomic E-state index is 13.3. The predicted molar refractivity (Wildman–Crippen MR) is 135 cm³/mol. The van der Waals surface area contributed by atoms with Gasteiger partial charge in [-0.15, -0.1) is 11.3 Å². The third-order valence-electron chi connectivity index (χ3n) is 8.07. The van der Waals surface area contributed by atoms with Crippen molar-refractivity contribution in [1.29, 1.82) is 0 Å². The molecule has 2 heterocycles. The van der Waals surface area contributed by atoms with E-state index in [9.17, 15) is 9.59 Å². The molecule has 1 N–H and O–H groups in total. The number of benzene rings is 1. The van der Waals surface area contributed by atoms with E-state index in [0.29, 0.717) is 0 Å². The smallest absolute Gasteiger partial charge is 0.308 e. The first-order valence-electron chi connectivity index (χ1n) is 12.4. The minimum atomic E-state index is -0.0864. The SMILES string of the molecule is COC(=O)C1CC2(CC(NC(=O)c3c(C)sc(C)c3CN3CCN(c4ccccc4)CC3)C2)C1. The number of thiophene rings is 1. The monoisotopic (exact) mass is 481 g/mol. The minimum Gasteiger partial charge on any atom is -0.469 e. The van der Waals surface area contributed by atoms with Gasteiger partial charge >= 0.3 is 5.97 Å². The fraction of sp³-hybridized carbons (Fsp3) is 0.556. The van der Waals surface area contributed by atoms with Gasteiger partial charge in [-0.05, 0) is 62.6 Å². The van der Waals surface area contributed by atoms with Crippen molar-refractivity contribution in [3.8, 4) is 0 Å². The number of methoxy groups -OCH3 is 1. The molecule has 0 bridgehead atoms. The van der Waals surface area contributed by atoms with Gasteiger partial charge in [-0.1, -0.05) is 18.2 Å². The quantitative estimate of drug-likeness (QED) is 0.628. The summed E-state index contributed by atoms with van der Waals surface area (Å²) < 4.78 is 4.87. The van der Waals surface area contributed by atoms with Crippen molar-refractivity contribution in [3.63, 3.8) is 0 Å². The van der Waals surface area contributed by atoms with E-state index < -0.39 is 0 Å². The van der Waals surface area contributed by atoms with Crippen molar-refractivity contribution in [1.82, 2.24) is 10.2 Å². The minimum absolute atomic E-state index is 0.0531. The largest absolute Gasteiger partial charge is 0.469 e. The molecule has 0 unspecified atom stereocenters. The Bertz CT molecular complexity index is 1040. The zero-order valence-corrected chi connectivity index (χ0v) is 21.2. The molecule has 1 aromatic carbocycles. The van der Waals surface area contributed by atoms with Gasteiger partial charge in [0, 0.05) is 54.2 Å². The number of amides is 1. The molecule has 0 atom stereocenters. The van der Waals surface area contributed by atoms with Gasteiger partial charge in [-0.3, -0.25) is 14.5 Å². The standard InChI is InChI=1S/C27H35N3O3S/c1-18-23(17-29-9-11-30(12-10-29)22-7-5-4-6-8-22)24(19(2)34-18)25(31)28-21-15-27(16-21)13-20(14-27)26(32)33-3/h4-8,20-21H,9-17H2,1-3H3,(H,28,31). The molecule has 0 radical (unpaired) electrons. The highest BCUT2D eigenvalue weighted by Crippen LogP contribution is 2.59. The normalized spacial score (nSPS) is 26.6. The van der Waals surface area contributed by atoms with Crippen LogP contribution in [0.25, 0.3) is 0 Å². The lowest BCUT2D eigenvalue weighted by Gasteiger charge is -2.56. The lowest BCUT2D eigenvalue weighted by Crippen LogP contribution is -2.57. The summed E-state index contributed by atoms with van der Waals surface area (Å²) in [6.07, 6.45) is 3.77. The van der Waals surface area contributed by atoms with Crippen LogP contribution in [-0.4, -0.2) is 56.1 Å². The van der Waals surface area contributed by atoms with Gasteiger partial charge in [0.15, 0.2) is 0 Å². The summed E-state index contributed by atoms with van der Waals surface area (Å²) in [5.74, 6) is 0.0394. The number of carbonyl (C=O) groups excluding carboxylic acids is 2. The number of anilines is 1. The number of ether oxygens (including phenoxy) is 1. The zero-order valence-electron chi connectivity index (χ0n) is 20.4. The van der Waals surface area contributed by atoms with Gasteiger partial charge in [-0.25, -0.2) is 0 Å². The highest BCUT2D eigenvalue weighted by molar-refractivity contribution is 7.12. The Balaban J connectivity index is 1.16. The number of rotatable bonds is 6. The number of nitrogens with zero attached hydrogens (tertiary/aromatic N) is 2. The van der Waals surface area contributed by atoms with E-state index in [2.05, 4.69) is 59.3 Å². The Kier molecular flexibility index (Phi) is 6.42. The second-order valence-electron chi connectivity index (χ2n) is 10.4. The molecule has 2 saturated carbocycles. The number of nitrogens with one attached hydrogen (secondary N) is 1. The highest BCUT2D eigenvalue weighted by Gasteiger charge is 2.55. The van der Waals surface area contributed by atoms with Crippen LogP contribution >= 0.6 is 11.3 Å². The van der Waals surface area contributed by atoms with E-state index in [1.165, 1.54) is 23.2 Å². The topological polar surface area (TPSA) is 61.9 Å². The van der Waals surface area contributed by atoms with Crippen LogP contribution in [0.2, 0.25) is 0 Å². The second-order valence-corrected chi connectivity index (χ2v) is 11.8. The van der Waals surface area contributed by atoms with Gasteiger partial charge < -0.3 is 15.0 Å². The first-order valence-corrected chi connectivity index (χ1v) is 13.2. The van der Waals surface area contributed by atoms with Gasteiger partial charge in [0.25, 0.3) is 5.91 Å². The molecule has 1 spiro atoms. The molecular weight excluding hydrogens is 446 g/mol. The highest BCUT2D eigenvalue weighted by atomic mass is 32.1. The predicted octanol–water partition coefficient (Wildman–Crippen LogP) is 4.15. The van der Waals surface area contributed by atoms with Crippen molar-refractivity contribution >= 4 is 28.9 Å². The van der Waals surface area contributed by atoms with E-state index in [1.807, 2.05) is 0 Å². The fourth-order valence-corrected chi connectivity index (χ4v) is 7.31. The molecule has 1 aromatic heterocycles. The van der Waals surface area contributed by atoms with Crippen LogP contribution < -0.4 is 10.2 Å². The Morgan fingerprint density at radius 2 is 1.71 bits per heavy atom. The summed E-state index contributed by atoms with van der Waals surface area (Å²) in [5, 5.41) is 3.30. The van der Waals surface area contributed by atoms with Gasteiger partial charge in [-0.2, -0.15) is 0 Å². The Morgan fingerprint density at radius 3 is 2.35 bits per heavy atom. The Labute approximate surface area is 206 Å². The first-order chi connectivity index (χ1) is 16.4. The molecule has 2 aliphatic carbocycles. The molecule has 3 fully saturated rings. The van der Waals surface area contributed by atoms with Gasteiger partial charge in [0.2, 0.25) is 0 Å². The number of esters is 1. The van der Waals surface area contributed by atoms with E-state index in [0.717, 1.165) is 68.8 Å². The van der Waals surface area contributed by atoms with E-state index in [4.69, 9.17) is 4.74 Å². The fourth-order valence-electron chi connectivity index (χ4n) is 6.24. The number of aryl methyl sites for hydroxylation is 2. The summed E-state index contributed by atoms with van der Waals surface area (Å²) >= 11 is 1.74. The molecule has 1 aliphatic heterocycles. The Hall–Kier alpha value is -2.38. The average Bonchev–Trinajstić information content (AvgIpc) is 3.07. The van der Waals surface area contributed by atoms with Crippen molar-refractivity contribution < 1.29 is 14.3 Å². The molecule has 2 aromatic rings. The molecule has 3 aliphatic rings.